The highest BCUT2D eigenvalue weighted by Gasteiger charge is 2.21. The molecule has 1 aromatic heterocycles. The number of amides is 1. The summed E-state index contributed by atoms with van der Waals surface area (Å²) >= 11 is 0. The Kier molecular flexibility index (Phi) is 5.84. The van der Waals surface area contributed by atoms with Gasteiger partial charge in [0.1, 0.15) is 5.82 Å². The van der Waals surface area contributed by atoms with Crippen LogP contribution < -0.4 is 10.2 Å². The first-order valence-corrected chi connectivity index (χ1v) is 9.02. The Morgan fingerprint density at radius 3 is 2.58 bits per heavy atom. The van der Waals surface area contributed by atoms with Gasteiger partial charge in [0.25, 0.3) is 0 Å². The predicted octanol–water partition coefficient (Wildman–Crippen LogP) is 2.58. The molecule has 0 saturated carbocycles. The van der Waals surface area contributed by atoms with Crippen molar-refractivity contribution in [2.45, 2.75) is 13.8 Å². The van der Waals surface area contributed by atoms with E-state index < -0.39 is 0 Å². The molecule has 136 valence electrons. The Labute approximate surface area is 154 Å². The van der Waals surface area contributed by atoms with Crippen molar-refractivity contribution in [2.75, 3.05) is 42.9 Å². The lowest BCUT2D eigenvalue weighted by molar-refractivity contribution is -0.126. The van der Waals surface area contributed by atoms with E-state index in [0.29, 0.717) is 13.1 Å². The molecule has 0 aliphatic carbocycles. The molecule has 0 bridgehead atoms. The minimum atomic E-state index is 0.0482. The van der Waals surface area contributed by atoms with E-state index in [1.54, 1.807) is 6.08 Å². The summed E-state index contributed by atoms with van der Waals surface area (Å²) in [5.41, 5.74) is 1.97. The fourth-order valence-electron chi connectivity index (χ4n) is 2.93. The summed E-state index contributed by atoms with van der Waals surface area (Å²) in [5, 5.41) is 3.24. The maximum atomic E-state index is 12.4. The molecular formula is C20H25N5O. The van der Waals surface area contributed by atoms with Crippen LogP contribution >= 0.6 is 0 Å². The van der Waals surface area contributed by atoms with Gasteiger partial charge in [-0.25, -0.2) is 4.98 Å². The monoisotopic (exact) mass is 351 g/mol. The maximum absolute atomic E-state index is 12.4. The van der Waals surface area contributed by atoms with Crippen molar-refractivity contribution in [3.63, 3.8) is 0 Å². The van der Waals surface area contributed by atoms with E-state index in [1.165, 1.54) is 0 Å². The lowest BCUT2D eigenvalue weighted by Gasteiger charge is -2.34. The van der Waals surface area contributed by atoms with Crippen LogP contribution in [0.1, 0.15) is 18.2 Å². The molecule has 6 heteroatoms. The summed E-state index contributed by atoms with van der Waals surface area (Å²) in [6.45, 7) is 7.66. The van der Waals surface area contributed by atoms with Crippen LogP contribution in [0.3, 0.4) is 0 Å². The Bertz CT molecular complexity index is 767. The third kappa shape index (κ3) is 4.59. The zero-order valence-corrected chi connectivity index (χ0v) is 15.4. The van der Waals surface area contributed by atoms with Gasteiger partial charge in [-0.15, -0.1) is 0 Å². The highest BCUT2D eigenvalue weighted by Crippen LogP contribution is 2.16. The number of carbonyl (C=O) groups excluding carboxylic acids is 1. The zero-order valence-electron chi connectivity index (χ0n) is 15.4. The van der Waals surface area contributed by atoms with E-state index in [0.717, 1.165) is 42.7 Å². The van der Waals surface area contributed by atoms with Gasteiger partial charge >= 0.3 is 0 Å². The number of hydrogen-bond acceptors (Lipinski definition) is 5. The number of aromatic nitrogens is 2. The van der Waals surface area contributed by atoms with Crippen LogP contribution in [0.2, 0.25) is 0 Å². The second kappa shape index (κ2) is 8.47. The molecule has 1 N–H and O–H groups in total. The third-order valence-corrected chi connectivity index (χ3v) is 4.29. The first-order chi connectivity index (χ1) is 12.7. The van der Waals surface area contributed by atoms with Crippen LogP contribution in [0.25, 0.3) is 6.08 Å². The average Bonchev–Trinajstić information content (AvgIpc) is 2.67. The largest absolute Gasteiger partial charge is 0.370 e. The van der Waals surface area contributed by atoms with Crippen LogP contribution in [-0.2, 0) is 4.79 Å². The topological polar surface area (TPSA) is 61.4 Å². The highest BCUT2D eigenvalue weighted by atomic mass is 16.2. The number of anilines is 2. The molecule has 0 radical (unpaired) electrons. The Morgan fingerprint density at radius 2 is 1.88 bits per heavy atom. The average molecular weight is 351 g/mol. The van der Waals surface area contributed by atoms with Gasteiger partial charge in [-0.2, -0.15) is 4.98 Å². The molecule has 1 aliphatic heterocycles. The smallest absolute Gasteiger partial charge is 0.246 e. The first kappa shape index (κ1) is 17.9. The minimum Gasteiger partial charge on any atom is -0.370 e. The lowest BCUT2D eigenvalue weighted by atomic mass is 10.2. The number of hydrogen-bond donors (Lipinski definition) is 1. The Balaban J connectivity index is 1.59. The number of piperazine rings is 1. The normalized spacial score (nSPS) is 14.7. The SMILES string of the molecule is CCNc1cc(C)nc(N2CCN(C(=O)/C=C/c3ccccc3)CC2)n1. The summed E-state index contributed by atoms with van der Waals surface area (Å²) in [4.78, 5) is 25.5. The molecule has 2 aromatic rings. The molecule has 26 heavy (non-hydrogen) atoms. The summed E-state index contributed by atoms with van der Waals surface area (Å²) < 4.78 is 0. The zero-order chi connectivity index (χ0) is 18.4. The Morgan fingerprint density at radius 1 is 1.15 bits per heavy atom. The van der Waals surface area contributed by atoms with E-state index >= 15 is 0 Å². The molecule has 0 spiro atoms. The van der Waals surface area contributed by atoms with Crippen molar-refractivity contribution in [2.24, 2.45) is 0 Å². The molecule has 0 atom stereocenters. The number of rotatable bonds is 5. The van der Waals surface area contributed by atoms with Crippen LogP contribution in [-0.4, -0.2) is 53.5 Å². The first-order valence-electron chi connectivity index (χ1n) is 9.02. The van der Waals surface area contributed by atoms with E-state index in [1.807, 2.05) is 61.2 Å². The van der Waals surface area contributed by atoms with Gasteiger partial charge in [0.05, 0.1) is 0 Å². The summed E-state index contributed by atoms with van der Waals surface area (Å²) in [6.07, 6.45) is 3.51. The van der Waals surface area contributed by atoms with E-state index in [9.17, 15) is 4.79 Å². The van der Waals surface area contributed by atoms with Gasteiger partial charge in [0.2, 0.25) is 11.9 Å². The van der Waals surface area contributed by atoms with Gasteiger partial charge in [-0.1, -0.05) is 30.3 Å². The minimum absolute atomic E-state index is 0.0482. The fraction of sp³-hybridized carbons (Fsp3) is 0.350. The fourth-order valence-corrected chi connectivity index (χ4v) is 2.93. The van der Waals surface area contributed by atoms with Crippen LogP contribution in [0, 0.1) is 6.92 Å². The van der Waals surface area contributed by atoms with Gasteiger partial charge < -0.3 is 15.1 Å². The predicted molar refractivity (Wildman–Crippen MR) is 105 cm³/mol. The molecule has 1 saturated heterocycles. The summed E-state index contributed by atoms with van der Waals surface area (Å²) in [6, 6.07) is 11.8. The quantitative estimate of drug-likeness (QED) is 0.839. The molecule has 1 fully saturated rings. The molecule has 3 rings (SSSR count). The Hall–Kier alpha value is -2.89. The summed E-state index contributed by atoms with van der Waals surface area (Å²) in [5.74, 6) is 1.62. The number of benzene rings is 1. The van der Waals surface area contributed by atoms with E-state index in [-0.39, 0.29) is 5.91 Å². The molecule has 0 unspecified atom stereocenters. The van der Waals surface area contributed by atoms with Crippen molar-refractivity contribution in [1.82, 2.24) is 14.9 Å². The molecule has 6 nitrogen and oxygen atoms in total. The van der Waals surface area contributed by atoms with Crippen molar-refractivity contribution in [3.05, 3.63) is 53.7 Å². The second-order valence-electron chi connectivity index (χ2n) is 6.28. The third-order valence-electron chi connectivity index (χ3n) is 4.29. The van der Waals surface area contributed by atoms with Crippen LogP contribution in [0.15, 0.2) is 42.5 Å². The molecular weight excluding hydrogens is 326 g/mol. The standard InChI is InChI=1S/C20H25N5O/c1-3-21-18-15-16(2)22-20(23-18)25-13-11-24(12-14-25)19(26)10-9-17-7-5-4-6-8-17/h4-10,15H,3,11-14H2,1-2H3,(H,21,22,23)/b10-9+. The molecule has 1 aliphatic rings. The molecule has 1 aromatic carbocycles. The van der Waals surface area contributed by atoms with E-state index in [2.05, 4.69) is 20.2 Å². The van der Waals surface area contributed by atoms with Gasteiger partial charge in [-0.05, 0) is 25.5 Å². The van der Waals surface area contributed by atoms with Crippen LogP contribution in [0.5, 0.6) is 0 Å². The molecule has 2 heterocycles. The van der Waals surface area contributed by atoms with Crippen molar-refractivity contribution < 1.29 is 4.79 Å². The number of nitrogens with zero attached hydrogens (tertiary/aromatic N) is 4. The van der Waals surface area contributed by atoms with Gasteiger partial charge in [-0.3, -0.25) is 4.79 Å². The maximum Gasteiger partial charge on any atom is 0.246 e. The van der Waals surface area contributed by atoms with Crippen molar-refractivity contribution in [1.29, 1.82) is 0 Å². The van der Waals surface area contributed by atoms with Crippen molar-refractivity contribution in [3.8, 4) is 0 Å². The number of carbonyl (C=O) groups is 1. The van der Waals surface area contributed by atoms with Crippen molar-refractivity contribution >= 4 is 23.7 Å². The number of nitrogens with one attached hydrogen (secondary N) is 1. The lowest BCUT2D eigenvalue weighted by Crippen LogP contribution is -2.48. The van der Waals surface area contributed by atoms with Gasteiger partial charge in [0, 0.05) is 50.6 Å². The summed E-state index contributed by atoms with van der Waals surface area (Å²) in [7, 11) is 0. The molecule has 1 amide bonds. The van der Waals surface area contributed by atoms with E-state index in [4.69, 9.17) is 0 Å². The van der Waals surface area contributed by atoms with Crippen LogP contribution in [0.4, 0.5) is 11.8 Å². The number of aryl methyl sites for hydroxylation is 1. The highest BCUT2D eigenvalue weighted by molar-refractivity contribution is 5.91. The second-order valence-corrected chi connectivity index (χ2v) is 6.28. The van der Waals surface area contributed by atoms with Gasteiger partial charge in [0.15, 0.2) is 0 Å².